The average molecular weight is 523 g/mol. The molecule has 7 nitrogen and oxygen atoms in total. The Morgan fingerprint density at radius 1 is 1.03 bits per heavy atom. The Hall–Kier alpha value is -4.34. The van der Waals surface area contributed by atoms with Crippen molar-refractivity contribution in [3.63, 3.8) is 0 Å². The van der Waals surface area contributed by atoms with Gasteiger partial charge in [0.25, 0.3) is 11.8 Å². The Morgan fingerprint density at radius 2 is 1.76 bits per heavy atom. The molecule has 0 aliphatic carbocycles. The molecule has 2 amide bonds. The quantitative estimate of drug-likeness (QED) is 0.405. The fourth-order valence-corrected chi connectivity index (χ4v) is 4.93. The summed E-state index contributed by atoms with van der Waals surface area (Å²) in [6.45, 7) is 0.707. The minimum atomic E-state index is -4.92. The van der Waals surface area contributed by atoms with Crippen LogP contribution in [0.2, 0.25) is 0 Å². The highest BCUT2D eigenvalue weighted by atomic mass is 19.4. The first-order valence-electron chi connectivity index (χ1n) is 12.1. The molecular formula is C28H25F3N4O3. The minimum absolute atomic E-state index is 0.134. The molecule has 4 aromatic rings. The number of para-hydroxylation sites is 1. The van der Waals surface area contributed by atoms with Gasteiger partial charge in [0.1, 0.15) is 5.75 Å². The number of hydrogen-bond donors (Lipinski definition) is 1. The van der Waals surface area contributed by atoms with Crippen molar-refractivity contribution in [1.29, 1.82) is 0 Å². The molecule has 2 atom stereocenters. The second-order valence-corrected chi connectivity index (χ2v) is 9.26. The standard InChI is InChI=1S/C28H25F3N4O3/c1-34-16-20-15-19(11-12-23(20)33-34)27(37)35-14-13-24(22(17-35)18-7-3-2-4-8-18)32-26(36)21-9-5-6-10-25(21)38-28(29,30)31/h2-12,15-16,22,24H,13-14,17H2,1H3,(H,32,36)/t22-,24-/m1/s1. The molecule has 38 heavy (non-hydrogen) atoms. The van der Waals surface area contributed by atoms with Crippen LogP contribution in [0, 0.1) is 0 Å². The lowest BCUT2D eigenvalue weighted by atomic mass is 9.85. The number of amides is 2. The summed E-state index contributed by atoms with van der Waals surface area (Å²) in [5.41, 5.74) is 2.04. The number of fused-ring (bicyclic) bond motifs is 1. The number of nitrogens with zero attached hydrogens (tertiary/aromatic N) is 3. The number of aromatic nitrogens is 2. The summed E-state index contributed by atoms with van der Waals surface area (Å²) < 4.78 is 44.4. The summed E-state index contributed by atoms with van der Waals surface area (Å²) in [5, 5.41) is 8.11. The molecule has 0 saturated carbocycles. The first-order valence-corrected chi connectivity index (χ1v) is 12.1. The predicted molar refractivity (Wildman–Crippen MR) is 135 cm³/mol. The Kier molecular flexibility index (Phi) is 6.79. The fourth-order valence-electron chi connectivity index (χ4n) is 4.93. The van der Waals surface area contributed by atoms with Crippen LogP contribution in [0.1, 0.15) is 38.6 Å². The van der Waals surface area contributed by atoms with Crippen molar-refractivity contribution in [2.24, 2.45) is 7.05 Å². The number of alkyl halides is 3. The highest BCUT2D eigenvalue weighted by Crippen LogP contribution is 2.31. The molecule has 2 heterocycles. The van der Waals surface area contributed by atoms with Crippen LogP contribution in [-0.4, -0.2) is 52.0 Å². The van der Waals surface area contributed by atoms with E-state index in [9.17, 15) is 22.8 Å². The summed E-state index contributed by atoms with van der Waals surface area (Å²) in [6, 6.07) is 19.7. The third kappa shape index (κ3) is 5.49. The largest absolute Gasteiger partial charge is 0.573 e. The average Bonchev–Trinajstić information content (AvgIpc) is 3.27. The maximum Gasteiger partial charge on any atom is 0.573 e. The summed E-state index contributed by atoms with van der Waals surface area (Å²) >= 11 is 0. The zero-order valence-electron chi connectivity index (χ0n) is 20.5. The number of benzene rings is 3. The topological polar surface area (TPSA) is 76.5 Å². The minimum Gasteiger partial charge on any atom is -0.405 e. The zero-order valence-corrected chi connectivity index (χ0v) is 20.5. The van der Waals surface area contributed by atoms with Crippen molar-refractivity contribution in [1.82, 2.24) is 20.0 Å². The lowest BCUT2D eigenvalue weighted by molar-refractivity contribution is -0.274. The Balaban J connectivity index is 1.38. The molecule has 1 aliphatic rings. The van der Waals surface area contributed by atoms with E-state index in [0.29, 0.717) is 25.1 Å². The third-order valence-corrected chi connectivity index (χ3v) is 6.67. The second kappa shape index (κ2) is 10.2. The van der Waals surface area contributed by atoms with Gasteiger partial charge in [0.2, 0.25) is 0 Å². The predicted octanol–water partition coefficient (Wildman–Crippen LogP) is 4.90. The molecule has 1 saturated heterocycles. The van der Waals surface area contributed by atoms with Gasteiger partial charge in [-0.25, -0.2) is 0 Å². The van der Waals surface area contributed by atoms with E-state index < -0.39 is 24.1 Å². The summed E-state index contributed by atoms with van der Waals surface area (Å²) in [7, 11) is 1.82. The number of rotatable bonds is 5. The van der Waals surface area contributed by atoms with Gasteiger partial charge < -0.3 is 15.0 Å². The Bertz CT molecular complexity index is 1470. The van der Waals surface area contributed by atoms with Crippen LogP contribution >= 0.6 is 0 Å². The van der Waals surface area contributed by atoms with Crippen molar-refractivity contribution in [2.45, 2.75) is 24.7 Å². The SMILES string of the molecule is Cn1cc2cc(C(=O)N3CC[C@@H](NC(=O)c4ccccc4OC(F)(F)F)[C@@H](c4ccccc4)C3)ccc2n1. The number of carbonyl (C=O) groups excluding carboxylic acids is 2. The van der Waals surface area contributed by atoms with Crippen molar-refractivity contribution in [3.8, 4) is 5.75 Å². The van der Waals surface area contributed by atoms with Gasteiger partial charge in [-0.05, 0) is 42.3 Å². The van der Waals surface area contributed by atoms with Gasteiger partial charge in [-0.15, -0.1) is 13.2 Å². The van der Waals surface area contributed by atoms with Gasteiger partial charge in [0.05, 0.1) is 11.1 Å². The molecule has 1 N–H and O–H groups in total. The number of likely N-dealkylation sites (tertiary alicyclic amines) is 1. The van der Waals surface area contributed by atoms with E-state index in [1.165, 1.54) is 18.2 Å². The molecule has 0 spiro atoms. The molecule has 3 aromatic carbocycles. The molecule has 5 rings (SSSR count). The molecule has 1 aliphatic heterocycles. The molecule has 0 bridgehead atoms. The number of ether oxygens (including phenoxy) is 1. The first kappa shape index (κ1) is 25.3. The van der Waals surface area contributed by atoms with E-state index in [1.54, 1.807) is 15.6 Å². The number of carbonyl (C=O) groups is 2. The lowest BCUT2D eigenvalue weighted by Gasteiger charge is -2.39. The van der Waals surface area contributed by atoms with E-state index in [0.717, 1.165) is 22.5 Å². The molecule has 10 heteroatoms. The van der Waals surface area contributed by atoms with Crippen LogP contribution in [0.25, 0.3) is 10.9 Å². The van der Waals surface area contributed by atoms with Gasteiger partial charge in [-0.2, -0.15) is 5.10 Å². The van der Waals surface area contributed by atoms with Crippen LogP contribution in [0.5, 0.6) is 5.75 Å². The van der Waals surface area contributed by atoms with Crippen LogP contribution in [0.3, 0.4) is 0 Å². The van der Waals surface area contributed by atoms with Crippen LogP contribution in [0.4, 0.5) is 13.2 Å². The van der Waals surface area contributed by atoms with E-state index in [1.807, 2.05) is 55.7 Å². The van der Waals surface area contributed by atoms with Crippen molar-refractivity contribution in [3.05, 3.63) is 95.7 Å². The van der Waals surface area contributed by atoms with Gasteiger partial charge in [0.15, 0.2) is 0 Å². The smallest absolute Gasteiger partial charge is 0.405 e. The maximum absolute atomic E-state index is 13.4. The monoisotopic (exact) mass is 522 g/mol. The summed E-state index contributed by atoms with van der Waals surface area (Å²) in [4.78, 5) is 28.3. The van der Waals surface area contributed by atoms with Gasteiger partial charge >= 0.3 is 6.36 Å². The van der Waals surface area contributed by atoms with Crippen LogP contribution < -0.4 is 10.1 Å². The second-order valence-electron chi connectivity index (χ2n) is 9.26. The van der Waals surface area contributed by atoms with E-state index in [2.05, 4.69) is 15.2 Å². The van der Waals surface area contributed by atoms with Gasteiger partial charge in [0, 0.05) is 49.2 Å². The van der Waals surface area contributed by atoms with Gasteiger partial charge in [-0.3, -0.25) is 14.3 Å². The van der Waals surface area contributed by atoms with E-state index >= 15 is 0 Å². The first-order chi connectivity index (χ1) is 18.2. The lowest BCUT2D eigenvalue weighted by Crippen LogP contribution is -2.51. The van der Waals surface area contributed by atoms with E-state index in [-0.39, 0.29) is 17.4 Å². The summed E-state index contributed by atoms with van der Waals surface area (Å²) in [6.07, 6.45) is -2.65. The maximum atomic E-state index is 13.4. The third-order valence-electron chi connectivity index (χ3n) is 6.67. The van der Waals surface area contributed by atoms with Gasteiger partial charge in [-0.1, -0.05) is 42.5 Å². The Morgan fingerprint density at radius 3 is 2.53 bits per heavy atom. The number of hydrogen-bond acceptors (Lipinski definition) is 4. The van der Waals surface area contributed by atoms with Crippen molar-refractivity contribution >= 4 is 22.7 Å². The summed E-state index contributed by atoms with van der Waals surface area (Å²) in [5.74, 6) is -1.63. The number of aryl methyl sites for hydroxylation is 1. The zero-order chi connectivity index (χ0) is 26.9. The van der Waals surface area contributed by atoms with E-state index in [4.69, 9.17) is 0 Å². The molecule has 0 unspecified atom stereocenters. The molecular weight excluding hydrogens is 497 g/mol. The van der Waals surface area contributed by atoms with Crippen LogP contribution in [-0.2, 0) is 7.05 Å². The highest BCUT2D eigenvalue weighted by molar-refractivity contribution is 5.98. The fraction of sp³-hybridized carbons (Fsp3) is 0.250. The number of nitrogens with one attached hydrogen (secondary N) is 1. The van der Waals surface area contributed by atoms with Crippen molar-refractivity contribution < 1.29 is 27.5 Å². The van der Waals surface area contributed by atoms with Crippen molar-refractivity contribution in [2.75, 3.05) is 13.1 Å². The van der Waals surface area contributed by atoms with Crippen LogP contribution in [0.15, 0.2) is 79.0 Å². The number of halogens is 3. The molecule has 1 fully saturated rings. The molecule has 1 aromatic heterocycles. The number of piperidine rings is 1. The Labute approximate surface area is 216 Å². The molecule has 0 radical (unpaired) electrons. The normalized spacial score (nSPS) is 17.8. The highest BCUT2D eigenvalue weighted by Gasteiger charge is 2.36. The molecule has 196 valence electrons.